The molecule has 0 N–H and O–H groups in total. The van der Waals surface area contributed by atoms with Crippen LogP contribution in [0.25, 0.3) is 6.08 Å². The van der Waals surface area contributed by atoms with Crippen molar-refractivity contribution in [3.8, 4) is 0 Å². The molecule has 0 saturated carbocycles. The van der Waals surface area contributed by atoms with Crippen molar-refractivity contribution in [3.05, 3.63) is 40.9 Å². The number of carbonyl (C=O) groups excluding carboxylic acids is 1. The SMILES string of the molecule is CC(C)(C)OC(=O)c1ccccc1C=C(CS)B1OC(C)(C)C(C)(C)O1. The second-order valence-corrected chi connectivity index (χ2v) is 8.87. The number of thiol groups is 1. The van der Waals surface area contributed by atoms with E-state index in [1.165, 1.54) is 0 Å². The summed E-state index contributed by atoms with van der Waals surface area (Å²) in [5.41, 5.74) is 0.738. The monoisotopic (exact) mass is 376 g/mol. The Hall–Kier alpha value is -1.24. The number of carbonyl (C=O) groups is 1. The molecule has 1 heterocycles. The molecule has 2 rings (SSSR count). The van der Waals surface area contributed by atoms with Gasteiger partial charge in [0.25, 0.3) is 0 Å². The second-order valence-electron chi connectivity index (χ2n) is 8.55. The Morgan fingerprint density at radius 3 is 2.19 bits per heavy atom. The molecule has 1 saturated heterocycles. The molecule has 0 bridgehead atoms. The molecule has 4 nitrogen and oxygen atoms in total. The van der Waals surface area contributed by atoms with Crippen LogP contribution in [0.5, 0.6) is 0 Å². The Bertz CT molecular complexity index is 688. The fourth-order valence-corrected chi connectivity index (χ4v) is 2.76. The molecule has 6 heteroatoms. The largest absolute Gasteiger partial charge is 0.491 e. The first-order valence-corrected chi connectivity index (χ1v) is 9.49. The van der Waals surface area contributed by atoms with E-state index in [-0.39, 0.29) is 5.97 Å². The van der Waals surface area contributed by atoms with E-state index in [4.69, 9.17) is 14.0 Å². The van der Waals surface area contributed by atoms with E-state index < -0.39 is 23.9 Å². The van der Waals surface area contributed by atoms with Gasteiger partial charge < -0.3 is 14.0 Å². The molecule has 0 unspecified atom stereocenters. The fraction of sp³-hybridized carbons (Fsp3) is 0.550. The van der Waals surface area contributed by atoms with Gasteiger partial charge in [-0.2, -0.15) is 12.6 Å². The molecule has 26 heavy (non-hydrogen) atoms. The third-order valence-corrected chi connectivity index (χ3v) is 5.02. The molecule has 0 amide bonds. The van der Waals surface area contributed by atoms with Gasteiger partial charge in [-0.15, -0.1) is 0 Å². The molecule has 1 aromatic carbocycles. The van der Waals surface area contributed by atoms with Crippen molar-refractivity contribution in [2.24, 2.45) is 0 Å². The molecule has 0 aromatic heterocycles. The minimum atomic E-state index is -0.550. The van der Waals surface area contributed by atoms with Crippen LogP contribution in [-0.2, 0) is 14.0 Å². The Labute approximate surface area is 162 Å². The van der Waals surface area contributed by atoms with Crippen molar-refractivity contribution < 1.29 is 18.8 Å². The second kappa shape index (κ2) is 7.41. The molecule has 0 atom stereocenters. The number of hydrogen-bond donors (Lipinski definition) is 1. The van der Waals surface area contributed by atoms with E-state index in [1.54, 1.807) is 6.07 Å². The fourth-order valence-electron chi connectivity index (χ4n) is 2.52. The van der Waals surface area contributed by atoms with Gasteiger partial charge >= 0.3 is 13.1 Å². The number of benzene rings is 1. The van der Waals surface area contributed by atoms with E-state index in [0.717, 1.165) is 11.0 Å². The smallest absolute Gasteiger partial charge is 0.456 e. The average molecular weight is 376 g/mol. The number of ether oxygens (including phenoxy) is 1. The zero-order valence-corrected chi connectivity index (χ0v) is 17.6. The van der Waals surface area contributed by atoms with Crippen LogP contribution in [0.3, 0.4) is 0 Å². The highest BCUT2D eigenvalue weighted by Crippen LogP contribution is 2.39. The van der Waals surface area contributed by atoms with Crippen LogP contribution in [0.15, 0.2) is 29.7 Å². The van der Waals surface area contributed by atoms with E-state index in [1.807, 2.05) is 72.7 Å². The Morgan fingerprint density at radius 2 is 1.69 bits per heavy atom. The van der Waals surface area contributed by atoms with Crippen molar-refractivity contribution in [1.29, 1.82) is 0 Å². The quantitative estimate of drug-likeness (QED) is 0.474. The van der Waals surface area contributed by atoms with Gasteiger partial charge in [0.1, 0.15) is 5.60 Å². The standard InChI is InChI=1S/C20H29BO4S/c1-18(2,3)23-17(22)16-11-9-8-10-14(16)12-15(13-26)21-24-19(4,5)20(6,7)25-21/h8-12,26H,13H2,1-7H3. The highest BCUT2D eigenvalue weighted by molar-refractivity contribution is 7.80. The van der Waals surface area contributed by atoms with Crippen LogP contribution in [-0.4, -0.2) is 35.6 Å². The van der Waals surface area contributed by atoms with Gasteiger partial charge in [0, 0.05) is 5.75 Å². The minimum absolute atomic E-state index is 0.350. The summed E-state index contributed by atoms with van der Waals surface area (Å²) in [4.78, 5) is 12.5. The molecule has 0 aliphatic carbocycles. The van der Waals surface area contributed by atoms with Crippen LogP contribution < -0.4 is 0 Å². The molecule has 1 fully saturated rings. The highest BCUT2D eigenvalue weighted by atomic mass is 32.1. The summed E-state index contributed by atoms with van der Waals surface area (Å²) in [7, 11) is -0.496. The predicted molar refractivity (Wildman–Crippen MR) is 110 cm³/mol. The molecular weight excluding hydrogens is 347 g/mol. The number of hydrogen-bond acceptors (Lipinski definition) is 5. The Kier molecular flexibility index (Phi) is 6.01. The third-order valence-electron chi connectivity index (χ3n) is 4.66. The molecule has 142 valence electrons. The van der Waals surface area contributed by atoms with E-state index in [2.05, 4.69) is 12.6 Å². The van der Waals surface area contributed by atoms with Crippen molar-refractivity contribution in [1.82, 2.24) is 0 Å². The minimum Gasteiger partial charge on any atom is -0.456 e. The summed E-state index contributed by atoms with van der Waals surface area (Å²) in [6.07, 6.45) is 1.91. The predicted octanol–water partition coefficient (Wildman–Crippen LogP) is 4.59. The van der Waals surface area contributed by atoms with Crippen molar-refractivity contribution in [3.63, 3.8) is 0 Å². The molecule has 0 radical (unpaired) electrons. The Morgan fingerprint density at radius 1 is 1.15 bits per heavy atom. The molecule has 1 aliphatic heterocycles. The van der Waals surface area contributed by atoms with Gasteiger partial charge in [0.15, 0.2) is 0 Å². The van der Waals surface area contributed by atoms with Crippen LogP contribution in [0, 0.1) is 0 Å². The summed E-state index contributed by atoms with van der Waals surface area (Å²) in [5, 5.41) is 0. The van der Waals surface area contributed by atoms with Crippen molar-refractivity contribution in [2.75, 3.05) is 5.75 Å². The maximum Gasteiger partial charge on any atom is 0.491 e. The van der Waals surface area contributed by atoms with Gasteiger partial charge in [-0.1, -0.05) is 24.3 Å². The van der Waals surface area contributed by atoms with Crippen molar-refractivity contribution >= 4 is 31.8 Å². The molecule has 1 aromatic rings. The first-order valence-electron chi connectivity index (χ1n) is 8.86. The van der Waals surface area contributed by atoms with Gasteiger partial charge in [0.2, 0.25) is 0 Å². The zero-order valence-electron chi connectivity index (χ0n) is 16.8. The van der Waals surface area contributed by atoms with Gasteiger partial charge in [-0.25, -0.2) is 4.79 Å². The highest BCUT2D eigenvalue weighted by Gasteiger charge is 2.52. The normalized spacial score (nSPS) is 19.5. The number of esters is 1. The topological polar surface area (TPSA) is 44.8 Å². The third kappa shape index (κ3) is 4.73. The molecule has 0 spiro atoms. The van der Waals surface area contributed by atoms with Gasteiger partial charge in [0.05, 0.1) is 16.8 Å². The number of rotatable bonds is 4. The van der Waals surface area contributed by atoms with Crippen LogP contribution in [0.1, 0.15) is 64.4 Å². The first-order chi connectivity index (χ1) is 11.9. The van der Waals surface area contributed by atoms with E-state index in [9.17, 15) is 4.79 Å². The summed E-state index contributed by atoms with van der Waals surface area (Å²) in [5.74, 6) is 0.108. The van der Waals surface area contributed by atoms with Gasteiger partial charge in [-0.3, -0.25) is 0 Å². The summed E-state index contributed by atoms with van der Waals surface area (Å²) >= 11 is 4.44. The molecular formula is C20H29BO4S. The maximum absolute atomic E-state index is 12.5. The summed E-state index contributed by atoms with van der Waals surface area (Å²) in [6, 6.07) is 7.36. The zero-order chi connectivity index (χ0) is 19.8. The van der Waals surface area contributed by atoms with Crippen LogP contribution in [0.4, 0.5) is 0 Å². The van der Waals surface area contributed by atoms with E-state index in [0.29, 0.717) is 11.3 Å². The average Bonchev–Trinajstić information content (AvgIpc) is 2.71. The molecule has 1 aliphatic rings. The van der Waals surface area contributed by atoms with Gasteiger partial charge in [-0.05, 0) is 65.6 Å². The summed E-state index contributed by atoms with van der Waals surface area (Å²) in [6.45, 7) is 13.6. The van der Waals surface area contributed by atoms with Crippen LogP contribution in [0.2, 0.25) is 0 Å². The Balaban J connectivity index is 2.35. The van der Waals surface area contributed by atoms with E-state index >= 15 is 0 Å². The summed E-state index contributed by atoms with van der Waals surface area (Å²) < 4.78 is 17.8. The maximum atomic E-state index is 12.5. The first kappa shape index (κ1) is 21.1. The lowest BCUT2D eigenvalue weighted by atomic mass is 9.78. The lowest BCUT2D eigenvalue weighted by molar-refractivity contribution is 0.00578. The van der Waals surface area contributed by atoms with Crippen LogP contribution >= 0.6 is 12.6 Å². The van der Waals surface area contributed by atoms with Crippen molar-refractivity contribution in [2.45, 2.75) is 65.3 Å². The lowest BCUT2D eigenvalue weighted by Crippen LogP contribution is -2.41. The lowest BCUT2D eigenvalue weighted by Gasteiger charge is -2.32.